The summed E-state index contributed by atoms with van der Waals surface area (Å²) in [5.41, 5.74) is 1.36. The number of fused-ring (bicyclic) bond motifs is 1. The number of amides is 2. The maximum Gasteiger partial charge on any atom is 0.265 e. The van der Waals surface area contributed by atoms with Crippen molar-refractivity contribution in [2.75, 3.05) is 45.9 Å². The molecule has 2 aliphatic rings. The number of rotatable bonds is 6. The number of hydrogen-bond acceptors (Lipinski definition) is 6. The summed E-state index contributed by atoms with van der Waals surface area (Å²) in [6.45, 7) is 1.62. The molecule has 1 fully saturated rings. The average molecular weight is 467 g/mol. The van der Waals surface area contributed by atoms with Crippen LogP contribution in [0.15, 0.2) is 42.5 Å². The molecule has 0 unspecified atom stereocenters. The molecule has 2 heterocycles. The van der Waals surface area contributed by atoms with Crippen molar-refractivity contribution in [2.24, 2.45) is 0 Å². The fraction of sp³-hybridized carbons (Fsp3) is 0.385. The predicted molar refractivity (Wildman–Crippen MR) is 129 cm³/mol. The van der Waals surface area contributed by atoms with Crippen molar-refractivity contribution in [3.05, 3.63) is 48.0 Å². The van der Waals surface area contributed by atoms with Gasteiger partial charge in [-0.05, 0) is 55.2 Å². The second-order valence-electron chi connectivity index (χ2n) is 8.20. The van der Waals surface area contributed by atoms with Gasteiger partial charge in [-0.15, -0.1) is 0 Å². The van der Waals surface area contributed by atoms with E-state index in [4.69, 9.17) is 18.9 Å². The van der Waals surface area contributed by atoms with Crippen molar-refractivity contribution in [1.29, 1.82) is 0 Å². The highest BCUT2D eigenvalue weighted by molar-refractivity contribution is 6.06. The Kier molecular flexibility index (Phi) is 7.25. The van der Waals surface area contributed by atoms with Crippen LogP contribution in [-0.2, 0) is 9.59 Å². The number of hydrogen-bond donors (Lipinski definition) is 0. The van der Waals surface area contributed by atoms with Crippen LogP contribution in [0.5, 0.6) is 23.0 Å². The molecule has 0 aliphatic carbocycles. The van der Waals surface area contributed by atoms with E-state index in [9.17, 15) is 9.59 Å². The van der Waals surface area contributed by atoms with Crippen LogP contribution >= 0.6 is 0 Å². The molecule has 0 bridgehead atoms. The Morgan fingerprint density at radius 1 is 0.971 bits per heavy atom. The number of anilines is 1. The first-order chi connectivity index (χ1) is 16.5. The summed E-state index contributed by atoms with van der Waals surface area (Å²) >= 11 is 0. The third-order valence-electron chi connectivity index (χ3n) is 6.09. The van der Waals surface area contributed by atoms with Crippen molar-refractivity contribution < 1.29 is 28.5 Å². The first-order valence-corrected chi connectivity index (χ1v) is 11.4. The Labute approximate surface area is 199 Å². The fourth-order valence-electron chi connectivity index (χ4n) is 4.34. The lowest BCUT2D eigenvalue weighted by atomic mass is 10.1. The minimum absolute atomic E-state index is 0.0689. The quantitative estimate of drug-likeness (QED) is 0.606. The topological polar surface area (TPSA) is 77.5 Å². The molecule has 2 aromatic rings. The summed E-state index contributed by atoms with van der Waals surface area (Å²) < 4.78 is 22.2. The van der Waals surface area contributed by atoms with Crippen LogP contribution < -0.4 is 23.8 Å². The molecule has 8 nitrogen and oxygen atoms in total. The monoisotopic (exact) mass is 466 g/mol. The summed E-state index contributed by atoms with van der Waals surface area (Å²) in [4.78, 5) is 29.8. The van der Waals surface area contributed by atoms with Crippen LogP contribution in [-0.4, -0.2) is 63.8 Å². The van der Waals surface area contributed by atoms with Crippen LogP contribution in [0.25, 0.3) is 6.08 Å². The van der Waals surface area contributed by atoms with Gasteiger partial charge in [0.15, 0.2) is 17.6 Å². The van der Waals surface area contributed by atoms with Gasteiger partial charge in [0, 0.05) is 19.2 Å². The SMILES string of the molecule is COc1cc(/C=C/C(=O)N2C[C@@H](C(=O)N3CCCCC3)Oc3ccccc32)cc(OC)c1OC. The average Bonchev–Trinajstić information content (AvgIpc) is 2.90. The van der Waals surface area contributed by atoms with Gasteiger partial charge in [0.05, 0.1) is 33.6 Å². The van der Waals surface area contributed by atoms with Gasteiger partial charge in [0.1, 0.15) is 5.75 Å². The molecular formula is C26H30N2O6. The van der Waals surface area contributed by atoms with Gasteiger partial charge in [-0.2, -0.15) is 0 Å². The molecule has 4 rings (SSSR count). The van der Waals surface area contributed by atoms with Crippen LogP contribution in [0, 0.1) is 0 Å². The number of para-hydroxylation sites is 2. The third kappa shape index (κ3) is 4.81. The van der Waals surface area contributed by atoms with E-state index in [2.05, 4.69) is 0 Å². The molecule has 0 aromatic heterocycles. The zero-order valence-electron chi connectivity index (χ0n) is 19.8. The van der Waals surface area contributed by atoms with Gasteiger partial charge in [0.2, 0.25) is 5.75 Å². The lowest BCUT2D eigenvalue weighted by Gasteiger charge is -2.37. The molecule has 0 spiro atoms. The number of likely N-dealkylation sites (tertiary alicyclic amines) is 1. The molecule has 8 heteroatoms. The molecular weight excluding hydrogens is 436 g/mol. The molecule has 0 saturated carbocycles. The molecule has 2 amide bonds. The van der Waals surface area contributed by atoms with Gasteiger partial charge >= 0.3 is 0 Å². The zero-order valence-corrected chi connectivity index (χ0v) is 19.8. The molecule has 1 atom stereocenters. The number of benzene rings is 2. The van der Waals surface area contributed by atoms with E-state index >= 15 is 0 Å². The van der Waals surface area contributed by atoms with Crippen molar-refractivity contribution in [2.45, 2.75) is 25.4 Å². The number of carbonyl (C=O) groups is 2. The van der Waals surface area contributed by atoms with Crippen LogP contribution in [0.1, 0.15) is 24.8 Å². The smallest absolute Gasteiger partial charge is 0.265 e. The number of methoxy groups -OCH3 is 3. The lowest BCUT2D eigenvalue weighted by Crippen LogP contribution is -2.52. The number of piperidine rings is 1. The molecule has 34 heavy (non-hydrogen) atoms. The van der Waals surface area contributed by atoms with Crippen molar-refractivity contribution >= 4 is 23.6 Å². The summed E-state index contributed by atoms with van der Waals surface area (Å²) in [5.74, 6) is 1.69. The lowest BCUT2D eigenvalue weighted by molar-refractivity contribution is -0.139. The second-order valence-corrected chi connectivity index (χ2v) is 8.20. The highest BCUT2D eigenvalue weighted by Crippen LogP contribution is 2.39. The number of carbonyl (C=O) groups excluding carboxylic acids is 2. The summed E-state index contributed by atoms with van der Waals surface area (Å²) in [5, 5.41) is 0. The van der Waals surface area contributed by atoms with E-state index in [1.807, 2.05) is 23.1 Å². The molecule has 180 valence electrons. The largest absolute Gasteiger partial charge is 0.493 e. The Morgan fingerprint density at radius 3 is 2.29 bits per heavy atom. The van der Waals surface area contributed by atoms with Crippen LogP contribution in [0.4, 0.5) is 5.69 Å². The van der Waals surface area contributed by atoms with E-state index in [1.54, 1.807) is 43.4 Å². The van der Waals surface area contributed by atoms with Crippen LogP contribution in [0.3, 0.4) is 0 Å². The summed E-state index contributed by atoms with van der Waals surface area (Å²) in [6, 6.07) is 10.8. The minimum Gasteiger partial charge on any atom is -0.493 e. The van der Waals surface area contributed by atoms with Crippen molar-refractivity contribution in [1.82, 2.24) is 4.90 Å². The normalized spacial score (nSPS) is 17.7. The highest BCUT2D eigenvalue weighted by atomic mass is 16.5. The van der Waals surface area contributed by atoms with Gasteiger partial charge < -0.3 is 28.7 Å². The van der Waals surface area contributed by atoms with E-state index in [-0.39, 0.29) is 18.4 Å². The van der Waals surface area contributed by atoms with E-state index < -0.39 is 6.10 Å². The Balaban J connectivity index is 1.58. The first kappa shape index (κ1) is 23.5. The highest BCUT2D eigenvalue weighted by Gasteiger charge is 2.35. The number of ether oxygens (including phenoxy) is 4. The first-order valence-electron chi connectivity index (χ1n) is 11.4. The van der Waals surface area contributed by atoms with E-state index in [1.165, 1.54) is 13.2 Å². The van der Waals surface area contributed by atoms with E-state index in [0.717, 1.165) is 32.4 Å². The predicted octanol–water partition coefficient (Wildman–Crippen LogP) is 3.53. The van der Waals surface area contributed by atoms with Crippen molar-refractivity contribution in [3.8, 4) is 23.0 Å². The second kappa shape index (κ2) is 10.5. The summed E-state index contributed by atoms with van der Waals surface area (Å²) in [6.07, 6.45) is 5.56. The molecule has 0 N–H and O–H groups in total. The standard InChI is InChI=1S/C26H30N2O6/c1-31-21-15-18(16-22(32-2)25(21)33-3)11-12-24(29)28-17-23(26(30)27-13-7-4-8-14-27)34-20-10-6-5-9-19(20)28/h5-6,9-12,15-16,23H,4,7-8,13-14,17H2,1-3H3/b12-11+/t23-/m0/s1. The molecule has 2 aromatic carbocycles. The van der Waals surface area contributed by atoms with E-state index in [0.29, 0.717) is 34.2 Å². The Bertz CT molecular complexity index is 1050. The van der Waals surface area contributed by atoms with Gasteiger partial charge in [-0.3, -0.25) is 9.59 Å². The Morgan fingerprint density at radius 2 is 1.65 bits per heavy atom. The molecule has 1 saturated heterocycles. The van der Waals surface area contributed by atoms with Crippen molar-refractivity contribution in [3.63, 3.8) is 0 Å². The van der Waals surface area contributed by atoms with Gasteiger partial charge in [0.25, 0.3) is 11.8 Å². The maximum atomic E-state index is 13.3. The summed E-state index contributed by atoms with van der Waals surface area (Å²) in [7, 11) is 4.62. The molecule has 2 aliphatic heterocycles. The third-order valence-corrected chi connectivity index (χ3v) is 6.09. The fourth-order valence-corrected chi connectivity index (χ4v) is 4.34. The molecule has 0 radical (unpaired) electrons. The van der Waals surface area contributed by atoms with Gasteiger partial charge in [-0.1, -0.05) is 12.1 Å². The van der Waals surface area contributed by atoms with Crippen LogP contribution in [0.2, 0.25) is 0 Å². The number of nitrogens with zero attached hydrogens (tertiary/aromatic N) is 2. The zero-order chi connectivity index (χ0) is 24.1. The minimum atomic E-state index is -0.730. The Hall–Kier alpha value is -3.68. The maximum absolute atomic E-state index is 13.3. The van der Waals surface area contributed by atoms with Gasteiger partial charge in [-0.25, -0.2) is 0 Å².